The van der Waals surface area contributed by atoms with E-state index in [0.29, 0.717) is 31.7 Å². The largest absolute Gasteiger partial charge is 0.492 e. The van der Waals surface area contributed by atoms with Crippen LogP contribution >= 0.6 is 0 Å². The van der Waals surface area contributed by atoms with Crippen molar-refractivity contribution in [2.75, 3.05) is 39.5 Å². The molecule has 0 spiro atoms. The molecule has 0 heterocycles. The fourth-order valence-corrected chi connectivity index (χ4v) is 3.29. The van der Waals surface area contributed by atoms with Gasteiger partial charge < -0.3 is 23.8 Å². The number of rotatable bonds is 17. The van der Waals surface area contributed by atoms with Gasteiger partial charge in [-0.15, -0.1) is 0 Å². The normalized spacial score (nSPS) is 12.2. The first-order chi connectivity index (χ1) is 16.7. The maximum atomic E-state index is 12.4. The minimum absolute atomic E-state index is 0.0970. The van der Waals surface area contributed by atoms with Crippen molar-refractivity contribution >= 4 is 12.1 Å². The highest BCUT2D eigenvalue weighted by molar-refractivity contribution is 5.75. The zero-order valence-corrected chi connectivity index (χ0v) is 20.9. The summed E-state index contributed by atoms with van der Waals surface area (Å²) in [5.41, 5.74) is 0.855. The lowest BCUT2D eigenvalue weighted by molar-refractivity contribution is -0.162. The number of carbonyl (C=O) groups excluding carboxylic acids is 2. The van der Waals surface area contributed by atoms with Crippen LogP contribution in [0.5, 0.6) is 5.75 Å². The van der Waals surface area contributed by atoms with Gasteiger partial charge in [-0.1, -0.05) is 44.7 Å². The third-order valence-electron chi connectivity index (χ3n) is 5.04. The van der Waals surface area contributed by atoms with Gasteiger partial charge in [0.2, 0.25) is 0 Å². The molecule has 1 rings (SSSR count). The summed E-state index contributed by atoms with van der Waals surface area (Å²) in [5.74, 6) is 0.117. The van der Waals surface area contributed by atoms with Gasteiger partial charge in [-0.3, -0.25) is 0 Å². The van der Waals surface area contributed by atoms with Crippen LogP contribution in [0.15, 0.2) is 24.3 Å². The lowest BCUT2D eigenvalue weighted by atomic mass is 10.1. The Kier molecular flexibility index (Phi) is 14.9. The van der Waals surface area contributed by atoms with Gasteiger partial charge in [0.05, 0.1) is 13.2 Å². The van der Waals surface area contributed by atoms with E-state index in [0.717, 1.165) is 31.2 Å². The Bertz CT molecular complexity index is 727. The van der Waals surface area contributed by atoms with Crippen LogP contribution in [-0.2, 0) is 25.4 Å². The van der Waals surface area contributed by atoms with Crippen LogP contribution in [0, 0.1) is 0 Å². The number of benzene rings is 1. The van der Waals surface area contributed by atoms with Crippen molar-refractivity contribution in [3.05, 3.63) is 29.8 Å². The molecule has 0 fully saturated rings. The number of alkyl halides is 3. The molecule has 0 aromatic heterocycles. The fraction of sp³-hybridized carbons (Fsp3) is 0.680. The minimum Gasteiger partial charge on any atom is -0.492 e. The summed E-state index contributed by atoms with van der Waals surface area (Å²) < 4.78 is 57.9. The number of esters is 1. The lowest BCUT2D eigenvalue weighted by Gasteiger charge is -2.22. The Morgan fingerprint density at radius 1 is 0.914 bits per heavy atom. The Labute approximate surface area is 205 Å². The van der Waals surface area contributed by atoms with E-state index in [4.69, 9.17) is 14.2 Å². The molecule has 1 atom stereocenters. The molecule has 0 bridgehead atoms. The van der Waals surface area contributed by atoms with Gasteiger partial charge in [0.25, 0.3) is 0 Å². The van der Waals surface area contributed by atoms with Crippen molar-refractivity contribution in [2.24, 2.45) is 0 Å². The molecule has 0 saturated heterocycles. The molecule has 0 aliphatic carbocycles. The van der Waals surface area contributed by atoms with Crippen LogP contribution < -0.4 is 4.74 Å². The van der Waals surface area contributed by atoms with Crippen LogP contribution in [0.2, 0.25) is 0 Å². The maximum absolute atomic E-state index is 12.4. The van der Waals surface area contributed by atoms with Crippen LogP contribution in [0.25, 0.3) is 0 Å². The van der Waals surface area contributed by atoms with Crippen molar-refractivity contribution in [3.63, 3.8) is 0 Å². The second kappa shape index (κ2) is 17.0. The number of halogens is 3. The second-order valence-electron chi connectivity index (χ2n) is 7.96. The number of ether oxygens (including phenoxy) is 4. The van der Waals surface area contributed by atoms with E-state index in [1.165, 1.54) is 4.90 Å². The van der Waals surface area contributed by atoms with Crippen LogP contribution in [0.1, 0.15) is 58.4 Å². The smallest absolute Gasteiger partial charge is 0.422 e. The Balaban J connectivity index is 2.60. The number of unbranched alkanes of at least 4 members (excludes halogenated alkanes) is 4. The van der Waals surface area contributed by atoms with E-state index in [2.05, 4.69) is 11.7 Å². The third-order valence-corrected chi connectivity index (χ3v) is 5.04. The van der Waals surface area contributed by atoms with E-state index >= 15 is 0 Å². The van der Waals surface area contributed by atoms with E-state index in [1.807, 2.05) is 0 Å². The zero-order valence-electron chi connectivity index (χ0n) is 20.9. The quantitative estimate of drug-likeness (QED) is 0.204. The van der Waals surface area contributed by atoms with E-state index in [-0.39, 0.29) is 19.8 Å². The second-order valence-corrected chi connectivity index (χ2v) is 7.96. The van der Waals surface area contributed by atoms with Crippen LogP contribution in [0.3, 0.4) is 0 Å². The molecular formula is C25H38F3NO6. The van der Waals surface area contributed by atoms with Crippen molar-refractivity contribution in [2.45, 2.75) is 71.6 Å². The molecule has 1 amide bonds. The average Bonchev–Trinajstić information content (AvgIpc) is 2.81. The SMILES string of the molecule is CCCCCCCN(CCOc1ccc(CC(OCC)C(=O)OCC)cc1)C(=O)OCC(F)(F)F. The number of hydrogen-bond acceptors (Lipinski definition) is 6. The lowest BCUT2D eigenvalue weighted by Crippen LogP contribution is -2.37. The monoisotopic (exact) mass is 505 g/mol. The Hall–Kier alpha value is -2.49. The molecule has 0 N–H and O–H groups in total. The summed E-state index contributed by atoms with van der Waals surface area (Å²) >= 11 is 0. The summed E-state index contributed by atoms with van der Waals surface area (Å²) in [4.78, 5) is 25.4. The molecule has 1 unspecified atom stereocenters. The summed E-state index contributed by atoms with van der Waals surface area (Å²) in [6.45, 7) is 5.15. The summed E-state index contributed by atoms with van der Waals surface area (Å²) in [6.07, 6.45) is -1.21. The molecule has 1 aromatic carbocycles. The van der Waals surface area contributed by atoms with Crippen LogP contribution in [-0.4, -0.2) is 68.8 Å². The standard InChI is InChI=1S/C25H38F3NO6/c1-4-7-8-9-10-15-29(24(31)35-19-25(26,27)28)16-17-34-21-13-11-20(12-14-21)18-22(32-5-2)23(30)33-6-3/h11-14,22H,4-10,15-19H2,1-3H3. The number of hydrogen-bond donors (Lipinski definition) is 0. The summed E-state index contributed by atoms with van der Waals surface area (Å²) in [5, 5.41) is 0. The molecular weight excluding hydrogens is 467 g/mol. The molecule has 35 heavy (non-hydrogen) atoms. The Morgan fingerprint density at radius 3 is 2.20 bits per heavy atom. The minimum atomic E-state index is -4.57. The van der Waals surface area contributed by atoms with Crippen molar-refractivity contribution < 1.29 is 41.7 Å². The zero-order chi connectivity index (χ0) is 26.1. The predicted molar refractivity (Wildman–Crippen MR) is 125 cm³/mol. The Morgan fingerprint density at radius 2 is 1.60 bits per heavy atom. The van der Waals surface area contributed by atoms with E-state index in [9.17, 15) is 22.8 Å². The first kappa shape index (κ1) is 30.5. The fourth-order valence-electron chi connectivity index (χ4n) is 3.29. The maximum Gasteiger partial charge on any atom is 0.422 e. The first-order valence-corrected chi connectivity index (χ1v) is 12.2. The molecule has 0 aliphatic rings. The highest BCUT2D eigenvalue weighted by atomic mass is 19.4. The van der Waals surface area contributed by atoms with Crippen molar-refractivity contribution in [1.29, 1.82) is 0 Å². The topological polar surface area (TPSA) is 74.3 Å². The molecule has 0 saturated carbocycles. The van der Waals surface area contributed by atoms with E-state index in [1.54, 1.807) is 38.1 Å². The molecule has 10 heteroatoms. The number of carbonyl (C=O) groups is 2. The highest BCUT2D eigenvalue weighted by Crippen LogP contribution is 2.17. The van der Waals surface area contributed by atoms with Gasteiger partial charge >= 0.3 is 18.2 Å². The molecule has 0 aliphatic heterocycles. The molecule has 200 valence electrons. The van der Waals surface area contributed by atoms with E-state index < -0.39 is 30.9 Å². The van der Waals surface area contributed by atoms with Gasteiger partial charge in [0.1, 0.15) is 12.4 Å². The molecule has 0 radical (unpaired) electrons. The van der Waals surface area contributed by atoms with Crippen molar-refractivity contribution in [3.8, 4) is 5.75 Å². The van der Waals surface area contributed by atoms with Gasteiger partial charge in [-0.25, -0.2) is 9.59 Å². The highest BCUT2D eigenvalue weighted by Gasteiger charge is 2.30. The summed E-state index contributed by atoms with van der Waals surface area (Å²) in [6, 6.07) is 7.04. The summed E-state index contributed by atoms with van der Waals surface area (Å²) in [7, 11) is 0. The predicted octanol–water partition coefficient (Wildman–Crippen LogP) is 5.55. The average molecular weight is 506 g/mol. The van der Waals surface area contributed by atoms with Gasteiger partial charge in [-0.2, -0.15) is 13.2 Å². The van der Waals surface area contributed by atoms with Crippen molar-refractivity contribution in [1.82, 2.24) is 4.90 Å². The third kappa shape index (κ3) is 13.9. The van der Waals surface area contributed by atoms with Gasteiger partial charge in [-0.05, 0) is 38.0 Å². The number of amides is 1. The molecule has 1 aromatic rings. The number of nitrogens with zero attached hydrogens (tertiary/aromatic N) is 1. The van der Waals surface area contributed by atoms with Gasteiger partial charge in [0.15, 0.2) is 12.7 Å². The van der Waals surface area contributed by atoms with Gasteiger partial charge in [0, 0.05) is 19.6 Å². The van der Waals surface area contributed by atoms with Crippen LogP contribution in [0.4, 0.5) is 18.0 Å². The first-order valence-electron chi connectivity index (χ1n) is 12.2. The molecule has 7 nitrogen and oxygen atoms in total.